The second-order valence-corrected chi connectivity index (χ2v) is 9.29. The molecular formula is C33H23N5OPt. The number of benzene rings is 5. The molecule has 0 amide bonds. The molecule has 8 rings (SSSR count). The summed E-state index contributed by atoms with van der Waals surface area (Å²) in [5.41, 5.74) is 9.19. The third-order valence-corrected chi connectivity index (χ3v) is 6.88. The molecule has 0 aliphatic rings. The van der Waals surface area contributed by atoms with E-state index in [9.17, 15) is 5.11 Å². The second-order valence-electron chi connectivity index (χ2n) is 9.29. The summed E-state index contributed by atoms with van der Waals surface area (Å²) in [7, 11) is 0. The van der Waals surface area contributed by atoms with E-state index in [1.165, 1.54) is 5.56 Å². The van der Waals surface area contributed by atoms with Crippen LogP contribution >= 0.6 is 0 Å². The van der Waals surface area contributed by atoms with Crippen LogP contribution in [0, 0.1) is 19.3 Å². The van der Waals surface area contributed by atoms with Crippen molar-refractivity contribution in [3.63, 3.8) is 0 Å². The molecule has 0 bridgehead atoms. The first-order valence-corrected chi connectivity index (χ1v) is 12.7. The van der Waals surface area contributed by atoms with E-state index in [1.807, 2.05) is 54.6 Å². The number of phenolic OH excluding ortho intramolecular Hbond substituents is 1. The average Bonchev–Trinajstić information content (AvgIpc) is 3.66. The van der Waals surface area contributed by atoms with Crippen molar-refractivity contribution in [2.24, 2.45) is 0 Å². The Kier molecular flexibility index (Phi) is 6.70. The van der Waals surface area contributed by atoms with Crippen LogP contribution in [-0.4, -0.2) is 28.6 Å². The number of aryl methyl sites for hydroxylation is 1. The predicted octanol–water partition coefficient (Wildman–Crippen LogP) is 7.07. The summed E-state index contributed by atoms with van der Waals surface area (Å²) in [6.07, 6.45) is 2.88. The normalized spacial score (nSPS) is 11.0. The van der Waals surface area contributed by atoms with Crippen LogP contribution in [0.1, 0.15) is 5.56 Å². The number of aromatic nitrogens is 5. The van der Waals surface area contributed by atoms with Gasteiger partial charge in [-0.25, -0.2) is 4.98 Å². The van der Waals surface area contributed by atoms with Gasteiger partial charge in [0.25, 0.3) is 0 Å². The summed E-state index contributed by atoms with van der Waals surface area (Å²) in [4.78, 5) is 9.10. The number of imidazole rings is 3. The molecule has 0 spiro atoms. The Morgan fingerprint density at radius 2 is 1.40 bits per heavy atom. The Labute approximate surface area is 245 Å². The molecule has 0 saturated heterocycles. The number of hydrogen-bond donors (Lipinski definition) is 1. The molecule has 0 atom stereocenters. The molecule has 0 unspecified atom stereocenters. The molecule has 0 aliphatic carbocycles. The summed E-state index contributed by atoms with van der Waals surface area (Å²) < 4.78 is 6.16. The van der Waals surface area contributed by atoms with Crippen LogP contribution in [0.3, 0.4) is 0 Å². The van der Waals surface area contributed by atoms with Gasteiger partial charge in [-0.15, -0.1) is 6.07 Å². The maximum absolute atomic E-state index is 9.77. The van der Waals surface area contributed by atoms with E-state index in [0.717, 1.165) is 44.6 Å². The van der Waals surface area contributed by atoms with E-state index in [4.69, 9.17) is 4.98 Å². The van der Waals surface area contributed by atoms with Gasteiger partial charge in [0.15, 0.2) is 0 Å². The van der Waals surface area contributed by atoms with E-state index < -0.39 is 0 Å². The maximum atomic E-state index is 9.77. The zero-order valence-corrected chi connectivity index (χ0v) is 23.7. The number of aromatic hydroxyl groups is 1. The molecule has 8 aromatic rings. The maximum Gasteiger partial charge on any atom is 2.00 e. The molecule has 0 radical (unpaired) electrons. The molecule has 0 aliphatic heterocycles. The zero-order valence-electron chi connectivity index (χ0n) is 21.5. The Balaban J connectivity index is 0.000000150. The van der Waals surface area contributed by atoms with Crippen LogP contribution in [0.2, 0.25) is 0 Å². The van der Waals surface area contributed by atoms with E-state index in [2.05, 4.69) is 81.8 Å². The Morgan fingerprint density at radius 3 is 2.20 bits per heavy atom. The van der Waals surface area contributed by atoms with Crippen molar-refractivity contribution in [2.45, 2.75) is 6.92 Å². The van der Waals surface area contributed by atoms with Crippen LogP contribution in [-0.2, 0) is 21.1 Å². The van der Waals surface area contributed by atoms with Gasteiger partial charge in [-0.2, -0.15) is 24.3 Å². The van der Waals surface area contributed by atoms with Crippen LogP contribution < -0.4 is 0 Å². The Morgan fingerprint density at radius 1 is 0.700 bits per heavy atom. The van der Waals surface area contributed by atoms with Crippen molar-refractivity contribution in [3.05, 3.63) is 133 Å². The van der Waals surface area contributed by atoms with Crippen molar-refractivity contribution in [3.8, 4) is 17.1 Å². The minimum absolute atomic E-state index is 0. The topological polar surface area (TPSA) is 60.3 Å². The van der Waals surface area contributed by atoms with Crippen molar-refractivity contribution in [2.75, 3.05) is 0 Å². The fourth-order valence-corrected chi connectivity index (χ4v) is 5.07. The molecule has 3 heterocycles. The number of rotatable bonds is 2. The quantitative estimate of drug-likeness (QED) is 0.197. The summed E-state index contributed by atoms with van der Waals surface area (Å²) in [5.74, 6) is 1.15. The van der Waals surface area contributed by atoms with Crippen LogP contribution in [0.15, 0.2) is 115 Å². The zero-order chi connectivity index (χ0) is 26.3. The Bertz CT molecular complexity index is 2110. The number of nitrogens with zero attached hydrogens (tertiary/aromatic N) is 5. The first kappa shape index (κ1) is 25.6. The number of fused-ring (bicyclic) bond motifs is 6. The molecule has 7 heteroatoms. The van der Waals surface area contributed by atoms with Gasteiger partial charge in [-0.3, -0.25) is 4.40 Å². The third kappa shape index (κ3) is 4.18. The third-order valence-electron chi connectivity index (χ3n) is 6.88. The van der Waals surface area contributed by atoms with E-state index in [0.29, 0.717) is 5.69 Å². The molecule has 0 fully saturated rings. The summed E-state index contributed by atoms with van der Waals surface area (Å²) in [5, 5.41) is 9.77. The first-order valence-electron chi connectivity index (χ1n) is 12.7. The SMILES string of the molecule is Cc1cccc2c1nc1n(-c3[c-]cccc3)c3ccccc3n21.Oc1ccccc1-n1[c-]nc2ccccc21.[Pt+2]. The van der Waals surface area contributed by atoms with Gasteiger partial charge in [-0.1, -0.05) is 77.9 Å². The molecule has 1 N–H and O–H groups in total. The summed E-state index contributed by atoms with van der Waals surface area (Å²) >= 11 is 0. The minimum Gasteiger partial charge on any atom is -0.516 e. The van der Waals surface area contributed by atoms with Crippen molar-refractivity contribution >= 4 is 38.9 Å². The van der Waals surface area contributed by atoms with Crippen molar-refractivity contribution in [1.82, 2.24) is 23.5 Å². The van der Waals surface area contributed by atoms with Gasteiger partial charge in [0.05, 0.1) is 27.8 Å². The Hall–Kier alpha value is -4.67. The standard InChI is InChI=1S/C20H14N3.C13H9N2O.Pt/c1-14-8-7-13-18-19(14)21-20-22(15-9-3-2-4-10-15)16-11-5-6-12-17(16)23(18)20;16-13-8-4-3-7-12(13)15-9-14-10-5-1-2-6-11(10)15;/h2-9,11-13H,1H3;1-8,16H;/q2*-1;+2. The first-order chi connectivity index (χ1) is 19.2. The van der Waals surface area contributed by atoms with Gasteiger partial charge >= 0.3 is 21.1 Å². The summed E-state index contributed by atoms with van der Waals surface area (Å²) in [6.45, 7) is 2.11. The van der Waals surface area contributed by atoms with Crippen molar-refractivity contribution < 1.29 is 26.2 Å². The van der Waals surface area contributed by atoms with Crippen LogP contribution in [0.5, 0.6) is 5.75 Å². The molecule has 40 heavy (non-hydrogen) atoms. The minimum atomic E-state index is 0. The van der Waals surface area contributed by atoms with Crippen LogP contribution in [0.4, 0.5) is 0 Å². The molecular weight excluding hydrogens is 677 g/mol. The molecule has 5 aromatic carbocycles. The molecule has 3 aromatic heterocycles. The van der Waals surface area contributed by atoms with Crippen molar-refractivity contribution in [1.29, 1.82) is 0 Å². The molecule has 6 nitrogen and oxygen atoms in total. The van der Waals surface area contributed by atoms with E-state index in [1.54, 1.807) is 16.7 Å². The number of hydrogen-bond acceptors (Lipinski definition) is 3. The smallest absolute Gasteiger partial charge is 0.516 e. The largest absolute Gasteiger partial charge is 2.00 e. The van der Waals surface area contributed by atoms with E-state index >= 15 is 0 Å². The fourth-order valence-electron chi connectivity index (χ4n) is 5.07. The van der Waals surface area contributed by atoms with Gasteiger partial charge in [0, 0.05) is 12.0 Å². The van der Waals surface area contributed by atoms with Gasteiger partial charge < -0.3 is 19.2 Å². The van der Waals surface area contributed by atoms with E-state index in [-0.39, 0.29) is 26.8 Å². The number of para-hydroxylation sites is 8. The molecule has 0 saturated carbocycles. The molecule has 196 valence electrons. The second kappa shape index (κ2) is 10.5. The fraction of sp³-hybridized carbons (Fsp3) is 0.0303. The van der Waals surface area contributed by atoms with Gasteiger partial charge in [0.1, 0.15) is 0 Å². The average molecular weight is 701 g/mol. The predicted molar refractivity (Wildman–Crippen MR) is 155 cm³/mol. The summed E-state index contributed by atoms with van der Waals surface area (Å²) in [6, 6.07) is 41.0. The monoisotopic (exact) mass is 700 g/mol. The van der Waals surface area contributed by atoms with Crippen LogP contribution in [0.25, 0.3) is 50.3 Å². The number of phenols is 1. The van der Waals surface area contributed by atoms with Gasteiger partial charge in [-0.05, 0) is 42.3 Å². The van der Waals surface area contributed by atoms with Gasteiger partial charge in [0.2, 0.25) is 5.78 Å².